The van der Waals surface area contributed by atoms with Gasteiger partial charge in [-0.15, -0.1) is 0 Å². The Morgan fingerprint density at radius 1 is 1.30 bits per heavy atom. The Kier molecular flexibility index (Phi) is 4.90. The van der Waals surface area contributed by atoms with E-state index in [9.17, 15) is 5.11 Å². The first kappa shape index (κ1) is 14.3. The highest BCUT2D eigenvalue weighted by Gasteiger charge is 2.06. The van der Waals surface area contributed by atoms with Crippen LogP contribution in [0.5, 0.6) is 5.75 Å². The van der Waals surface area contributed by atoms with E-state index in [4.69, 9.17) is 4.74 Å². The number of nitrogens with one attached hydrogen (secondary N) is 1. The maximum atomic E-state index is 9.87. The van der Waals surface area contributed by atoms with Crippen molar-refractivity contribution in [3.63, 3.8) is 0 Å². The molecule has 0 amide bonds. The number of aryl methyl sites for hydroxylation is 2. The first-order chi connectivity index (χ1) is 9.63. The predicted molar refractivity (Wildman–Crippen MR) is 77.9 cm³/mol. The minimum Gasteiger partial charge on any atom is -0.491 e. The lowest BCUT2D eigenvalue weighted by Gasteiger charge is -2.14. The van der Waals surface area contributed by atoms with Crippen molar-refractivity contribution in [2.24, 2.45) is 0 Å². The lowest BCUT2D eigenvalue weighted by atomic mass is 10.2. The Hall–Kier alpha value is -2.14. The largest absolute Gasteiger partial charge is 0.491 e. The topological polar surface area (TPSA) is 67.3 Å². The van der Waals surface area contributed by atoms with E-state index < -0.39 is 6.10 Å². The molecule has 1 aromatic heterocycles. The molecule has 2 rings (SSSR count). The van der Waals surface area contributed by atoms with Gasteiger partial charge >= 0.3 is 0 Å². The van der Waals surface area contributed by atoms with Crippen LogP contribution in [0.1, 0.15) is 11.3 Å². The third kappa shape index (κ3) is 4.51. The van der Waals surface area contributed by atoms with E-state index in [1.807, 2.05) is 38.1 Å². The number of aliphatic hydroxyl groups excluding tert-OH is 1. The highest BCUT2D eigenvalue weighted by atomic mass is 16.5. The molecular weight excluding hydrogens is 254 g/mol. The number of rotatable bonds is 6. The minimum absolute atomic E-state index is 0.232. The van der Waals surface area contributed by atoms with Crippen LogP contribution in [0.3, 0.4) is 0 Å². The summed E-state index contributed by atoms with van der Waals surface area (Å²) in [6.07, 6.45) is 2.70. The van der Waals surface area contributed by atoms with Crippen LogP contribution in [-0.4, -0.2) is 34.3 Å². The number of anilines is 1. The van der Waals surface area contributed by atoms with Gasteiger partial charge < -0.3 is 15.2 Å². The van der Waals surface area contributed by atoms with Gasteiger partial charge in [-0.05, 0) is 31.5 Å². The van der Waals surface area contributed by atoms with Gasteiger partial charge in [-0.1, -0.05) is 12.1 Å². The molecule has 1 atom stereocenters. The SMILES string of the molecule is Cc1cccc(OCC(O)CNc2cncc(C)n2)c1. The summed E-state index contributed by atoms with van der Waals surface area (Å²) < 4.78 is 5.53. The summed E-state index contributed by atoms with van der Waals surface area (Å²) in [5.41, 5.74) is 1.96. The summed E-state index contributed by atoms with van der Waals surface area (Å²) in [5.74, 6) is 1.42. The summed E-state index contributed by atoms with van der Waals surface area (Å²) in [6.45, 7) is 4.47. The molecule has 0 aliphatic rings. The van der Waals surface area contributed by atoms with E-state index in [2.05, 4.69) is 15.3 Å². The normalized spacial score (nSPS) is 11.9. The van der Waals surface area contributed by atoms with Gasteiger partial charge in [0.1, 0.15) is 24.3 Å². The van der Waals surface area contributed by atoms with Crippen molar-refractivity contribution in [1.29, 1.82) is 0 Å². The molecule has 1 heterocycles. The lowest BCUT2D eigenvalue weighted by molar-refractivity contribution is 0.117. The van der Waals surface area contributed by atoms with Gasteiger partial charge in [-0.25, -0.2) is 4.98 Å². The van der Waals surface area contributed by atoms with Gasteiger partial charge in [0.25, 0.3) is 0 Å². The number of benzene rings is 1. The number of nitrogens with zero attached hydrogens (tertiary/aromatic N) is 2. The van der Waals surface area contributed by atoms with E-state index in [0.29, 0.717) is 12.4 Å². The molecule has 2 aromatic rings. The summed E-state index contributed by atoms with van der Waals surface area (Å²) in [4.78, 5) is 8.28. The number of hydrogen-bond donors (Lipinski definition) is 2. The maximum Gasteiger partial charge on any atom is 0.144 e. The summed E-state index contributed by atoms with van der Waals surface area (Å²) in [7, 11) is 0. The van der Waals surface area contributed by atoms with Crippen molar-refractivity contribution in [2.45, 2.75) is 20.0 Å². The molecule has 0 bridgehead atoms. The second-order valence-corrected chi connectivity index (χ2v) is 4.71. The molecule has 0 aliphatic heterocycles. The van der Waals surface area contributed by atoms with E-state index >= 15 is 0 Å². The summed E-state index contributed by atoms with van der Waals surface area (Å²) in [5, 5.41) is 12.9. The zero-order valence-electron chi connectivity index (χ0n) is 11.7. The van der Waals surface area contributed by atoms with E-state index in [-0.39, 0.29) is 6.61 Å². The molecule has 1 aromatic carbocycles. The van der Waals surface area contributed by atoms with Crippen LogP contribution >= 0.6 is 0 Å². The van der Waals surface area contributed by atoms with Gasteiger partial charge in [0.2, 0.25) is 0 Å². The molecule has 5 heteroatoms. The monoisotopic (exact) mass is 273 g/mol. The third-order valence-corrected chi connectivity index (χ3v) is 2.71. The fraction of sp³-hybridized carbons (Fsp3) is 0.333. The van der Waals surface area contributed by atoms with Crippen LogP contribution in [-0.2, 0) is 0 Å². The molecule has 5 nitrogen and oxygen atoms in total. The average molecular weight is 273 g/mol. The fourth-order valence-electron chi connectivity index (χ4n) is 1.73. The van der Waals surface area contributed by atoms with Crippen LogP contribution in [0.4, 0.5) is 5.82 Å². The van der Waals surface area contributed by atoms with E-state index in [1.165, 1.54) is 0 Å². The molecule has 0 spiro atoms. The van der Waals surface area contributed by atoms with Gasteiger partial charge in [0.05, 0.1) is 11.9 Å². The van der Waals surface area contributed by atoms with Gasteiger partial charge in [0.15, 0.2) is 0 Å². The number of ether oxygens (including phenoxy) is 1. The Balaban J connectivity index is 1.77. The van der Waals surface area contributed by atoms with Crippen molar-refractivity contribution >= 4 is 5.82 Å². The predicted octanol–water partition coefficient (Wildman–Crippen LogP) is 1.95. The molecular formula is C15H19N3O2. The first-order valence-electron chi connectivity index (χ1n) is 6.53. The summed E-state index contributed by atoms with van der Waals surface area (Å²) >= 11 is 0. The summed E-state index contributed by atoms with van der Waals surface area (Å²) in [6, 6.07) is 7.74. The van der Waals surface area contributed by atoms with Gasteiger partial charge in [-0.3, -0.25) is 4.98 Å². The smallest absolute Gasteiger partial charge is 0.144 e. The Morgan fingerprint density at radius 2 is 2.15 bits per heavy atom. The second kappa shape index (κ2) is 6.86. The molecule has 0 aliphatic carbocycles. The van der Waals surface area contributed by atoms with Crippen molar-refractivity contribution in [3.05, 3.63) is 47.9 Å². The zero-order chi connectivity index (χ0) is 14.4. The minimum atomic E-state index is -0.613. The Labute approximate surface area is 118 Å². The highest BCUT2D eigenvalue weighted by Crippen LogP contribution is 2.12. The van der Waals surface area contributed by atoms with Crippen LogP contribution in [0.2, 0.25) is 0 Å². The van der Waals surface area contributed by atoms with Crippen molar-refractivity contribution < 1.29 is 9.84 Å². The number of aromatic nitrogens is 2. The van der Waals surface area contributed by atoms with Gasteiger partial charge in [-0.2, -0.15) is 0 Å². The van der Waals surface area contributed by atoms with Crippen molar-refractivity contribution in [3.8, 4) is 5.75 Å². The Morgan fingerprint density at radius 3 is 2.90 bits per heavy atom. The van der Waals surface area contributed by atoms with Crippen LogP contribution < -0.4 is 10.1 Å². The third-order valence-electron chi connectivity index (χ3n) is 2.71. The number of aliphatic hydroxyl groups is 1. The second-order valence-electron chi connectivity index (χ2n) is 4.71. The van der Waals surface area contributed by atoms with E-state index in [1.54, 1.807) is 12.4 Å². The standard InChI is InChI=1S/C15H19N3O2/c1-11-4-3-5-14(6-11)20-10-13(19)8-17-15-9-16-7-12(2)18-15/h3-7,9,13,19H,8,10H2,1-2H3,(H,17,18). The van der Waals surface area contributed by atoms with Crippen molar-refractivity contribution in [1.82, 2.24) is 9.97 Å². The lowest BCUT2D eigenvalue weighted by Crippen LogP contribution is -2.26. The molecule has 20 heavy (non-hydrogen) atoms. The van der Waals surface area contributed by atoms with Crippen LogP contribution in [0.15, 0.2) is 36.7 Å². The maximum absolute atomic E-state index is 9.87. The molecule has 0 saturated heterocycles. The first-order valence-corrected chi connectivity index (χ1v) is 6.53. The fourth-order valence-corrected chi connectivity index (χ4v) is 1.73. The molecule has 0 radical (unpaired) electrons. The molecule has 0 fully saturated rings. The molecule has 0 saturated carbocycles. The van der Waals surface area contributed by atoms with E-state index in [0.717, 1.165) is 17.0 Å². The van der Waals surface area contributed by atoms with Crippen LogP contribution in [0.25, 0.3) is 0 Å². The average Bonchev–Trinajstić information content (AvgIpc) is 2.43. The molecule has 2 N–H and O–H groups in total. The highest BCUT2D eigenvalue weighted by molar-refractivity contribution is 5.31. The molecule has 106 valence electrons. The number of hydrogen-bond acceptors (Lipinski definition) is 5. The van der Waals surface area contributed by atoms with Crippen LogP contribution in [0, 0.1) is 13.8 Å². The van der Waals surface area contributed by atoms with Crippen molar-refractivity contribution in [2.75, 3.05) is 18.5 Å². The Bertz CT molecular complexity index is 511. The quantitative estimate of drug-likeness (QED) is 0.842. The zero-order valence-corrected chi connectivity index (χ0v) is 11.7. The molecule has 1 unspecified atom stereocenters. The van der Waals surface area contributed by atoms with Gasteiger partial charge in [0, 0.05) is 12.7 Å².